The second kappa shape index (κ2) is 10.5. The van der Waals surface area contributed by atoms with Gasteiger partial charge in [0.05, 0.1) is 5.69 Å². The van der Waals surface area contributed by atoms with E-state index in [1.54, 1.807) is 36.4 Å². The molecule has 34 heavy (non-hydrogen) atoms. The molecule has 0 aliphatic rings. The molecule has 0 aliphatic heterocycles. The Kier molecular flexibility index (Phi) is 7.09. The Bertz CT molecular complexity index is 1290. The standard InChI is InChI=1S/C30H26N2O2/c1-21-13-17-25(18-14-21)31-27(29(33)23-9-5-3-6-10-23)28(30(34)24-11-7-4-8-12-24)32-26-19-15-22(2)16-20-26/h3-20,27,31H,1-2H3. The first kappa shape index (κ1) is 22.9. The minimum absolute atomic E-state index is 0.143. The zero-order valence-corrected chi connectivity index (χ0v) is 19.2. The Morgan fingerprint density at radius 2 is 1.15 bits per heavy atom. The fraction of sp³-hybridized carbons (Fsp3) is 0.100. The molecule has 0 radical (unpaired) electrons. The van der Waals surface area contributed by atoms with E-state index in [9.17, 15) is 9.59 Å². The molecule has 1 N–H and O–H groups in total. The summed E-state index contributed by atoms with van der Waals surface area (Å²) in [5.74, 6) is -0.522. The lowest BCUT2D eigenvalue weighted by Crippen LogP contribution is -2.42. The van der Waals surface area contributed by atoms with Gasteiger partial charge in [0.2, 0.25) is 5.78 Å². The predicted molar refractivity (Wildman–Crippen MR) is 138 cm³/mol. The summed E-state index contributed by atoms with van der Waals surface area (Å²) in [4.78, 5) is 32.2. The third-order valence-electron chi connectivity index (χ3n) is 5.51. The lowest BCUT2D eigenvalue weighted by Gasteiger charge is -2.21. The molecule has 0 heterocycles. The third-order valence-corrected chi connectivity index (χ3v) is 5.51. The van der Waals surface area contributed by atoms with E-state index in [1.165, 1.54) is 0 Å². The Morgan fingerprint density at radius 3 is 1.71 bits per heavy atom. The molecule has 1 atom stereocenters. The number of anilines is 1. The molecule has 4 aromatic carbocycles. The van der Waals surface area contributed by atoms with Gasteiger partial charge >= 0.3 is 0 Å². The molecule has 0 aliphatic carbocycles. The van der Waals surface area contributed by atoms with Crippen molar-refractivity contribution in [1.82, 2.24) is 0 Å². The summed E-state index contributed by atoms with van der Waals surface area (Å²) < 4.78 is 0. The maximum Gasteiger partial charge on any atom is 0.209 e. The first-order chi connectivity index (χ1) is 16.5. The molecule has 0 fully saturated rings. The van der Waals surface area contributed by atoms with Crippen LogP contribution in [0.2, 0.25) is 0 Å². The number of nitrogens with zero attached hydrogens (tertiary/aromatic N) is 1. The zero-order chi connectivity index (χ0) is 23.9. The lowest BCUT2D eigenvalue weighted by atomic mass is 9.94. The normalized spacial score (nSPS) is 12.1. The molecule has 1 unspecified atom stereocenters. The van der Waals surface area contributed by atoms with Gasteiger partial charge in [-0.3, -0.25) is 9.59 Å². The van der Waals surface area contributed by atoms with Crippen LogP contribution in [0.1, 0.15) is 31.8 Å². The molecule has 4 heteroatoms. The monoisotopic (exact) mass is 446 g/mol. The summed E-state index contributed by atoms with van der Waals surface area (Å²) in [6, 6.07) is 32.2. The number of rotatable bonds is 8. The highest BCUT2D eigenvalue weighted by Crippen LogP contribution is 2.20. The molecule has 4 aromatic rings. The van der Waals surface area contributed by atoms with Gasteiger partial charge in [0.25, 0.3) is 0 Å². The first-order valence-electron chi connectivity index (χ1n) is 11.2. The van der Waals surface area contributed by atoms with Crippen LogP contribution in [0, 0.1) is 13.8 Å². The van der Waals surface area contributed by atoms with E-state index in [1.807, 2.05) is 86.6 Å². The molecule has 168 valence electrons. The summed E-state index contributed by atoms with van der Waals surface area (Å²) in [5, 5.41) is 3.29. The fourth-order valence-electron chi connectivity index (χ4n) is 3.59. The fourth-order valence-corrected chi connectivity index (χ4v) is 3.59. The Hall–Kier alpha value is -4.31. The van der Waals surface area contributed by atoms with E-state index in [0.717, 1.165) is 16.8 Å². The first-order valence-corrected chi connectivity index (χ1v) is 11.2. The van der Waals surface area contributed by atoms with Gasteiger partial charge in [-0.15, -0.1) is 0 Å². The molecular weight excluding hydrogens is 420 g/mol. The van der Waals surface area contributed by atoms with Crippen molar-refractivity contribution in [3.05, 3.63) is 131 Å². The summed E-state index contributed by atoms with van der Waals surface area (Å²) in [7, 11) is 0. The number of benzene rings is 4. The van der Waals surface area contributed by atoms with Crippen LogP contribution >= 0.6 is 0 Å². The van der Waals surface area contributed by atoms with Crippen molar-refractivity contribution in [2.45, 2.75) is 19.9 Å². The number of hydrogen-bond donors (Lipinski definition) is 1. The van der Waals surface area contributed by atoms with Crippen LogP contribution in [0.5, 0.6) is 0 Å². The molecule has 0 saturated carbocycles. The number of carbonyl (C=O) groups excluding carboxylic acids is 2. The van der Waals surface area contributed by atoms with E-state index in [0.29, 0.717) is 16.8 Å². The van der Waals surface area contributed by atoms with Crippen molar-refractivity contribution in [2.24, 2.45) is 4.99 Å². The number of Topliss-reactive ketones (excluding diaryl/α,β-unsaturated/α-hetero) is 2. The summed E-state index contributed by atoms with van der Waals surface area (Å²) in [6.45, 7) is 3.99. The molecule has 0 amide bonds. The maximum absolute atomic E-state index is 13.7. The van der Waals surface area contributed by atoms with Gasteiger partial charge in [-0.2, -0.15) is 0 Å². The van der Waals surface area contributed by atoms with E-state index < -0.39 is 6.04 Å². The van der Waals surface area contributed by atoms with Crippen LogP contribution in [-0.4, -0.2) is 23.3 Å². The molecule has 0 spiro atoms. The molecule has 0 saturated heterocycles. The maximum atomic E-state index is 13.7. The van der Waals surface area contributed by atoms with Crippen LogP contribution in [0.4, 0.5) is 11.4 Å². The molecule has 0 aromatic heterocycles. The van der Waals surface area contributed by atoms with Gasteiger partial charge in [0.1, 0.15) is 11.8 Å². The van der Waals surface area contributed by atoms with Gasteiger partial charge < -0.3 is 5.32 Å². The van der Waals surface area contributed by atoms with Crippen molar-refractivity contribution < 1.29 is 9.59 Å². The Morgan fingerprint density at radius 1 is 0.647 bits per heavy atom. The van der Waals surface area contributed by atoms with Crippen LogP contribution in [0.25, 0.3) is 0 Å². The Labute approximate surface area is 200 Å². The van der Waals surface area contributed by atoms with Crippen LogP contribution in [0.15, 0.2) is 114 Å². The smallest absolute Gasteiger partial charge is 0.209 e. The minimum Gasteiger partial charge on any atom is -0.370 e. The number of aliphatic imine (C=N–C) groups is 1. The van der Waals surface area contributed by atoms with Crippen molar-refractivity contribution >= 4 is 28.7 Å². The highest BCUT2D eigenvalue weighted by atomic mass is 16.1. The minimum atomic E-state index is -0.973. The van der Waals surface area contributed by atoms with Crippen molar-refractivity contribution in [2.75, 3.05) is 5.32 Å². The summed E-state index contributed by atoms with van der Waals surface area (Å²) >= 11 is 0. The van der Waals surface area contributed by atoms with Crippen LogP contribution in [0.3, 0.4) is 0 Å². The highest BCUT2D eigenvalue weighted by molar-refractivity contribution is 6.52. The molecule has 4 rings (SSSR count). The average molecular weight is 447 g/mol. The quantitative estimate of drug-likeness (QED) is 0.244. The number of hydrogen-bond acceptors (Lipinski definition) is 4. The van der Waals surface area contributed by atoms with E-state index in [4.69, 9.17) is 4.99 Å². The molecule has 4 nitrogen and oxygen atoms in total. The highest BCUT2D eigenvalue weighted by Gasteiger charge is 2.31. The lowest BCUT2D eigenvalue weighted by molar-refractivity contribution is 0.0975. The van der Waals surface area contributed by atoms with E-state index >= 15 is 0 Å². The van der Waals surface area contributed by atoms with Crippen LogP contribution < -0.4 is 5.32 Å². The number of carbonyl (C=O) groups is 2. The van der Waals surface area contributed by atoms with Gasteiger partial charge in [-0.1, -0.05) is 96.1 Å². The SMILES string of the molecule is Cc1ccc(N=C(C(=O)c2ccccc2)C(Nc2ccc(C)cc2)C(=O)c2ccccc2)cc1. The molecular formula is C30H26N2O2. The third kappa shape index (κ3) is 5.54. The average Bonchev–Trinajstić information content (AvgIpc) is 2.88. The Balaban J connectivity index is 1.85. The van der Waals surface area contributed by atoms with Gasteiger partial charge in [-0.25, -0.2) is 4.99 Å². The van der Waals surface area contributed by atoms with Crippen molar-refractivity contribution in [3.8, 4) is 0 Å². The predicted octanol–water partition coefficient (Wildman–Crippen LogP) is 6.62. The largest absolute Gasteiger partial charge is 0.370 e. The van der Waals surface area contributed by atoms with E-state index in [-0.39, 0.29) is 17.3 Å². The second-order valence-electron chi connectivity index (χ2n) is 8.20. The topological polar surface area (TPSA) is 58.5 Å². The summed E-state index contributed by atoms with van der Waals surface area (Å²) in [5.41, 5.74) is 4.66. The summed E-state index contributed by atoms with van der Waals surface area (Å²) in [6.07, 6.45) is 0. The number of aryl methyl sites for hydroxylation is 2. The second-order valence-corrected chi connectivity index (χ2v) is 8.20. The van der Waals surface area contributed by atoms with Crippen molar-refractivity contribution in [1.29, 1.82) is 0 Å². The zero-order valence-electron chi connectivity index (χ0n) is 19.2. The number of ketones is 2. The van der Waals surface area contributed by atoms with Gasteiger partial charge in [-0.05, 0) is 38.1 Å². The molecule has 0 bridgehead atoms. The van der Waals surface area contributed by atoms with Crippen molar-refractivity contribution in [3.63, 3.8) is 0 Å². The van der Waals surface area contributed by atoms with Gasteiger partial charge in [0.15, 0.2) is 5.78 Å². The van der Waals surface area contributed by atoms with Crippen LogP contribution in [-0.2, 0) is 0 Å². The van der Waals surface area contributed by atoms with Gasteiger partial charge in [0, 0.05) is 16.8 Å². The van der Waals surface area contributed by atoms with E-state index in [2.05, 4.69) is 5.32 Å². The number of nitrogens with one attached hydrogen (secondary N) is 1.